The van der Waals surface area contributed by atoms with Crippen molar-refractivity contribution in [1.82, 2.24) is 19.7 Å². The number of anilines is 3. The highest BCUT2D eigenvalue weighted by Crippen LogP contribution is 2.32. The summed E-state index contributed by atoms with van der Waals surface area (Å²) < 4.78 is 54.1. The number of aromatic nitrogens is 4. The lowest BCUT2D eigenvalue weighted by Crippen LogP contribution is -2.28. The minimum Gasteiger partial charge on any atom is -0.394 e. The summed E-state index contributed by atoms with van der Waals surface area (Å²) in [6.45, 7) is -0.607. The number of alkyl halides is 3. The maximum Gasteiger partial charge on any atom is 0.416 e. The molecule has 0 radical (unpaired) electrons. The van der Waals surface area contributed by atoms with Crippen molar-refractivity contribution in [2.24, 2.45) is 7.05 Å². The zero-order valence-corrected chi connectivity index (χ0v) is 19.2. The Morgan fingerprint density at radius 3 is 2.43 bits per heavy atom. The quantitative estimate of drug-likeness (QED) is 0.235. The number of carbonyl (C=O) groups excluding carboxylic acids is 1. The van der Waals surface area contributed by atoms with Crippen LogP contribution >= 0.6 is 0 Å². The van der Waals surface area contributed by atoms with E-state index in [0.29, 0.717) is 46.2 Å². The van der Waals surface area contributed by atoms with Gasteiger partial charge in [0.05, 0.1) is 35.9 Å². The zero-order valence-electron chi connectivity index (χ0n) is 19.2. The highest BCUT2D eigenvalue weighted by molar-refractivity contribution is 6.00. The van der Waals surface area contributed by atoms with E-state index < -0.39 is 35.3 Å². The van der Waals surface area contributed by atoms with E-state index in [-0.39, 0.29) is 19.2 Å². The molecule has 194 valence electrons. The van der Waals surface area contributed by atoms with Gasteiger partial charge in [0.1, 0.15) is 11.5 Å². The Morgan fingerprint density at radius 2 is 1.78 bits per heavy atom. The summed E-state index contributed by atoms with van der Waals surface area (Å²) in [6.07, 6.45) is -3.14. The Balaban J connectivity index is 1.49. The van der Waals surface area contributed by atoms with Crippen molar-refractivity contribution in [3.05, 3.63) is 60.0 Å². The number of aliphatic hydroxyl groups excluding tert-OH is 2. The van der Waals surface area contributed by atoms with Crippen LogP contribution in [0.4, 0.5) is 39.7 Å². The summed E-state index contributed by atoms with van der Waals surface area (Å²) >= 11 is 0. The van der Waals surface area contributed by atoms with E-state index in [2.05, 4.69) is 31.0 Å². The van der Waals surface area contributed by atoms with Crippen LogP contribution in [-0.4, -0.2) is 55.2 Å². The molecular weight excluding hydrogens is 498 g/mol. The molecule has 4 aromatic rings. The number of hydrogen-bond donors (Lipinski definition) is 5. The molecule has 0 fully saturated rings. The third-order valence-electron chi connectivity index (χ3n) is 5.31. The highest BCUT2D eigenvalue weighted by atomic mass is 19.4. The summed E-state index contributed by atoms with van der Waals surface area (Å²) in [6, 6.07) is 6.58. The molecule has 0 atom stereocenters. The third kappa shape index (κ3) is 5.76. The van der Waals surface area contributed by atoms with E-state index in [1.807, 2.05) is 0 Å². The Kier molecular flexibility index (Phi) is 7.22. The number of carbonyl (C=O) groups is 1. The van der Waals surface area contributed by atoms with Crippen LogP contribution in [0.2, 0.25) is 0 Å². The standard InChI is InChI=1S/C23H21F4N7O3/c1-34-20-16(9-28-21(32-20)29-15(10-35)11-36)19(33-34)12-2-5-14(6-3-12)30-22(37)31-18-8-13(23(25,26)27)4-7-17(18)24/h2-9,15,35-36H,10-11H2,1H3,(H,28,29,32)(H2,30,31,37). The summed E-state index contributed by atoms with van der Waals surface area (Å²) in [5, 5.41) is 30.9. The molecule has 0 aliphatic heterocycles. The number of hydrogen-bond acceptors (Lipinski definition) is 7. The first kappa shape index (κ1) is 25.8. The predicted octanol–water partition coefficient (Wildman–Crippen LogP) is 3.60. The van der Waals surface area contributed by atoms with E-state index in [1.165, 1.54) is 4.68 Å². The fourth-order valence-corrected chi connectivity index (χ4v) is 3.45. The van der Waals surface area contributed by atoms with Gasteiger partial charge in [-0.3, -0.25) is 0 Å². The average Bonchev–Trinajstić information content (AvgIpc) is 3.19. The van der Waals surface area contributed by atoms with Gasteiger partial charge >= 0.3 is 12.2 Å². The number of fused-ring (bicyclic) bond motifs is 1. The molecule has 37 heavy (non-hydrogen) atoms. The van der Waals surface area contributed by atoms with Gasteiger partial charge in [0, 0.05) is 24.5 Å². The highest BCUT2D eigenvalue weighted by Gasteiger charge is 2.31. The number of aryl methyl sites for hydroxylation is 1. The van der Waals surface area contributed by atoms with Crippen LogP contribution in [0.5, 0.6) is 0 Å². The van der Waals surface area contributed by atoms with Gasteiger partial charge in [-0.05, 0) is 30.3 Å². The Labute approximate surface area is 207 Å². The topological polar surface area (TPSA) is 137 Å². The first-order chi connectivity index (χ1) is 17.6. The molecule has 0 aliphatic rings. The largest absolute Gasteiger partial charge is 0.416 e. The number of rotatable bonds is 7. The van der Waals surface area contributed by atoms with Crippen molar-refractivity contribution in [3.8, 4) is 11.3 Å². The van der Waals surface area contributed by atoms with Gasteiger partial charge in [0.15, 0.2) is 5.65 Å². The molecule has 10 nitrogen and oxygen atoms in total. The molecule has 0 spiro atoms. The first-order valence-electron chi connectivity index (χ1n) is 10.8. The molecule has 14 heteroatoms. The molecule has 2 heterocycles. The molecule has 2 aromatic heterocycles. The average molecular weight is 519 g/mol. The minimum atomic E-state index is -4.68. The lowest BCUT2D eigenvalue weighted by molar-refractivity contribution is -0.137. The lowest BCUT2D eigenvalue weighted by atomic mass is 10.1. The van der Waals surface area contributed by atoms with Gasteiger partial charge in [-0.25, -0.2) is 18.9 Å². The van der Waals surface area contributed by atoms with Crippen molar-refractivity contribution in [1.29, 1.82) is 0 Å². The Bertz CT molecular complexity index is 1420. The van der Waals surface area contributed by atoms with Crippen molar-refractivity contribution in [2.75, 3.05) is 29.2 Å². The van der Waals surface area contributed by atoms with Crippen LogP contribution < -0.4 is 16.0 Å². The van der Waals surface area contributed by atoms with Crippen molar-refractivity contribution >= 4 is 34.4 Å². The monoisotopic (exact) mass is 519 g/mol. The first-order valence-corrected chi connectivity index (χ1v) is 10.8. The molecule has 2 aromatic carbocycles. The van der Waals surface area contributed by atoms with E-state index in [0.717, 1.165) is 0 Å². The fourth-order valence-electron chi connectivity index (χ4n) is 3.45. The van der Waals surface area contributed by atoms with Gasteiger partial charge < -0.3 is 26.2 Å². The van der Waals surface area contributed by atoms with E-state index in [1.54, 1.807) is 37.5 Å². The number of halogens is 4. The molecule has 2 amide bonds. The maximum atomic E-state index is 13.9. The molecule has 0 saturated heterocycles. The summed E-state index contributed by atoms with van der Waals surface area (Å²) in [4.78, 5) is 20.8. The van der Waals surface area contributed by atoms with Crippen LogP contribution in [0.3, 0.4) is 0 Å². The van der Waals surface area contributed by atoms with Crippen LogP contribution in [0.25, 0.3) is 22.3 Å². The second kappa shape index (κ2) is 10.4. The lowest BCUT2D eigenvalue weighted by Gasteiger charge is -2.12. The minimum absolute atomic E-state index is 0.206. The van der Waals surface area contributed by atoms with Crippen molar-refractivity contribution < 1.29 is 32.6 Å². The maximum absolute atomic E-state index is 13.9. The number of nitrogens with one attached hydrogen (secondary N) is 3. The van der Waals surface area contributed by atoms with Gasteiger partial charge in [0.25, 0.3) is 0 Å². The summed E-state index contributed by atoms with van der Waals surface area (Å²) in [5.41, 5.74) is 0.300. The molecule has 5 N–H and O–H groups in total. The Hall–Kier alpha value is -4.30. The van der Waals surface area contributed by atoms with Gasteiger partial charge in [-0.1, -0.05) is 12.1 Å². The predicted molar refractivity (Wildman–Crippen MR) is 127 cm³/mol. The van der Waals surface area contributed by atoms with Gasteiger partial charge in [-0.15, -0.1) is 0 Å². The molecule has 0 bridgehead atoms. The molecule has 0 saturated carbocycles. The number of aliphatic hydroxyl groups is 2. The third-order valence-corrected chi connectivity index (χ3v) is 5.31. The van der Waals surface area contributed by atoms with Crippen LogP contribution in [0.1, 0.15) is 5.56 Å². The number of amides is 2. The van der Waals surface area contributed by atoms with Gasteiger partial charge in [-0.2, -0.15) is 23.3 Å². The van der Waals surface area contributed by atoms with E-state index in [9.17, 15) is 32.6 Å². The molecule has 0 aliphatic carbocycles. The number of benzene rings is 2. The van der Waals surface area contributed by atoms with Crippen LogP contribution in [0, 0.1) is 5.82 Å². The number of urea groups is 1. The molecule has 0 unspecified atom stereocenters. The van der Waals surface area contributed by atoms with E-state index >= 15 is 0 Å². The number of nitrogens with zero attached hydrogens (tertiary/aromatic N) is 4. The fraction of sp³-hybridized carbons (Fsp3) is 0.217. The van der Waals surface area contributed by atoms with Crippen LogP contribution in [-0.2, 0) is 13.2 Å². The second-order valence-corrected chi connectivity index (χ2v) is 7.96. The molecule has 4 rings (SSSR count). The van der Waals surface area contributed by atoms with Crippen LogP contribution in [0.15, 0.2) is 48.7 Å². The molecular formula is C23H21F4N7O3. The smallest absolute Gasteiger partial charge is 0.394 e. The van der Waals surface area contributed by atoms with E-state index in [4.69, 9.17) is 0 Å². The Morgan fingerprint density at radius 1 is 1.08 bits per heavy atom. The summed E-state index contributed by atoms with van der Waals surface area (Å²) in [5.74, 6) is -0.803. The summed E-state index contributed by atoms with van der Waals surface area (Å²) in [7, 11) is 1.69. The second-order valence-electron chi connectivity index (χ2n) is 7.96. The zero-order chi connectivity index (χ0) is 26.7. The van der Waals surface area contributed by atoms with Crippen molar-refractivity contribution in [3.63, 3.8) is 0 Å². The SMILES string of the molecule is Cn1nc(-c2ccc(NC(=O)Nc3cc(C(F)(F)F)ccc3F)cc2)c2cnc(NC(CO)CO)nc21. The normalized spacial score (nSPS) is 11.7. The van der Waals surface area contributed by atoms with Crippen molar-refractivity contribution in [2.45, 2.75) is 12.2 Å². The van der Waals surface area contributed by atoms with Gasteiger partial charge in [0.2, 0.25) is 5.95 Å².